The largest absolute Gasteiger partial charge is 0.331 e. The van der Waals surface area contributed by atoms with Crippen LogP contribution in [-0.2, 0) is 4.79 Å². The molecule has 0 aliphatic heterocycles. The first kappa shape index (κ1) is 18.1. The zero-order chi connectivity index (χ0) is 15.7. The Balaban J connectivity index is 2.31. The summed E-state index contributed by atoms with van der Waals surface area (Å²) >= 11 is 8.63. The molecular formula is C16H23BrN2OS. The summed E-state index contributed by atoms with van der Waals surface area (Å²) in [6, 6.07) is 5.92. The number of carbonyl (C=O) groups is 1. The Morgan fingerprint density at radius 3 is 2.62 bits per heavy atom. The van der Waals surface area contributed by atoms with Crippen LogP contribution in [0.2, 0.25) is 0 Å². The highest BCUT2D eigenvalue weighted by Gasteiger charge is 2.06. The molecule has 1 rings (SSSR count). The average Bonchev–Trinajstić information content (AvgIpc) is 2.41. The highest BCUT2D eigenvalue weighted by atomic mass is 79.9. The number of amides is 1. The van der Waals surface area contributed by atoms with Crippen LogP contribution in [0, 0.1) is 6.92 Å². The Morgan fingerprint density at radius 2 is 1.95 bits per heavy atom. The van der Waals surface area contributed by atoms with Gasteiger partial charge in [-0.15, -0.1) is 0 Å². The van der Waals surface area contributed by atoms with Crippen LogP contribution in [0.3, 0.4) is 0 Å². The third-order valence-corrected chi connectivity index (χ3v) is 3.99. The molecule has 1 aromatic rings. The van der Waals surface area contributed by atoms with E-state index in [4.69, 9.17) is 12.2 Å². The summed E-state index contributed by atoms with van der Waals surface area (Å²) < 4.78 is 0.929. The number of anilines is 1. The number of nitrogens with one attached hydrogen (secondary N) is 2. The Morgan fingerprint density at radius 1 is 1.24 bits per heavy atom. The quantitative estimate of drug-likeness (QED) is 0.527. The Kier molecular flexibility index (Phi) is 8.54. The highest BCUT2D eigenvalue weighted by Crippen LogP contribution is 2.23. The molecule has 1 aromatic carbocycles. The fourth-order valence-corrected chi connectivity index (χ4v) is 2.77. The molecule has 0 saturated heterocycles. The van der Waals surface area contributed by atoms with Gasteiger partial charge in [0.05, 0.1) is 5.69 Å². The monoisotopic (exact) mass is 370 g/mol. The van der Waals surface area contributed by atoms with Gasteiger partial charge in [-0.05, 0) is 59.2 Å². The van der Waals surface area contributed by atoms with E-state index in [1.807, 2.05) is 25.1 Å². The lowest BCUT2D eigenvalue weighted by Gasteiger charge is -2.11. The average molecular weight is 371 g/mol. The van der Waals surface area contributed by atoms with Crippen LogP contribution in [0.25, 0.3) is 0 Å². The van der Waals surface area contributed by atoms with E-state index in [1.165, 1.54) is 19.3 Å². The van der Waals surface area contributed by atoms with E-state index in [0.717, 1.165) is 28.6 Å². The summed E-state index contributed by atoms with van der Waals surface area (Å²) in [4.78, 5) is 11.8. The van der Waals surface area contributed by atoms with E-state index in [9.17, 15) is 4.79 Å². The van der Waals surface area contributed by atoms with Crippen molar-refractivity contribution in [2.75, 3.05) is 5.32 Å². The van der Waals surface area contributed by atoms with Crippen LogP contribution in [0.5, 0.6) is 0 Å². The fourth-order valence-electron chi connectivity index (χ4n) is 1.95. The lowest BCUT2D eigenvalue weighted by atomic mass is 10.1. The van der Waals surface area contributed by atoms with Crippen molar-refractivity contribution in [3.8, 4) is 0 Å². The predicted molar refractivity (Wildman–Crippen MR) is 96.6 cm³/mol. The smallest absolute Gasteiger partial charge is 0.226 e. The minimum atomic E-state index is -0.0211. The first-order chi connectivity index (χ1) is 10.0. The van der Waals surface area contributed by atoms with Gasteiger partial charge >= 0.3 is 0 Å². The number of carbonyl (C=O) groups excluding carboxylic acids is 1. The molecule has 21 heavy (non-hydrogen) atoms. The van der Waals surface area contributed by atoms with Crippen molar-refractivity contribution in [2.24, 2.45) is 0 Å². The second-order valence-corrected chi connectivity index (χ2v) is 6.41. The predicted octanol–water partition coefficient (Wildman–Crippen LogP) is 4.93. The molecule has 0 radical (unpaired) electrons. The van der Waals surface area contributed by atoms with Crippen molar-refractivity contribution in [1.29, 1.82) is 0 Å². The standard InChI is InChI=1S/C16H23BrN2OS/c1-3-4-5-6-7-8-15(20)19-16(21)18-14-10-9-12(2)11-13(14)17/h9-11H,3-8H2,1-2H3,(H2,18,19,20,21). The molecule has 0 heterocycles. The van der Waals surface area contributed by atoms with E-state index in [2.05, 4.69) is 33.5 Å². The number of aryl methyl sites for hydroxylation is 1. The van der Waals surface area contributed by atoms with Gasteiger partial charge in [-0.25, -0.2) is 0 Å². The third kappa shape index (κ3) is 7.58. The summed E-state index contributed by atoms with van der Waals surface area (Å²) in [6.45, 7) is 4.20. The van der Waals surface area contributed by atoms with Crippen LogP contribution in [0.15, 0.2) is 22.7 Å². The van der Waals surface area contributed by atoms with Crippen molar-refractivity contribution < 1.29 is 4.79 Å². The van der Waals surface area contributed by atoms with Gasteiger partial charge in [0.2, 0.25) is 5.91 Å². The van der Waals surface area contributed by atoms with Crippen LogP contribution in [0.1, 0.15) is 51.0 Å². The van der Waals surface area contributed by atoms with Gasteiger partial charge in [-0.3, -0.25) is 4.79 Å². The maximum absolute atomic E-state index is 11.8. The van der Waals surface area contributed by atoms with Gasteiger partial charge in [-0.1, -0.05) is 38.7 Å². The number of rotatable bonds is 7. The number of halogens is 1. The van der Waals surface area contributed by atoms with Gasteiger partial charge in [-0.2, -0.15) is 0 Å². The second-order valence-electron chi connectivity index (χ2n) is 5.15. The van der Waals surface area contributed by atoms with Gasteiger partial charge in [0.1, 0.15) is 0 Å². The SMILES string of the molecule is CCCCCCCC(=O)NC(=S)Nc1ccc(C)cc1Br. The van der Waals surface area contributed by atoms with E-state index < -0.39 is 0 Å². The number of hydrogen-bond donors (Lipinski definition) is 2. The molecule has 0 fully saturated rings. The third-order valence-electron chi connectivity index (χ3n) is 3.13. The van der Waals surface area contributed by atoms with E-state index >= 15 is 0 Å². The van der Waals surface area contributed by atoms with Crippen LogP contribution >= 0.6 is 28.1 Å². The number of hydrogen-bond acceptors (Lipinski definition) is 2. The molecular weight excluding hydrogens is 348 g/mol. The molecule has 0 aromatic heterocycles. The molecule has 1 amide bonds. The zero-order valence-electron chi connectivity index (χ0n) is 12.7. The molecule has 3 nitrogen and oxygen atoms in total. The van der Waals surface area contributed by atoms with Crippen LogP contribution in [-0.4, -0.2) is 11.0 Å². The van der Waals surface area contributed by atoms with Gasteiger partial charge < -0.3 is 10.6 Å². The Bertz CT molecular complexity index is 491. The van der Waals surface area contributed by atoms with Crippen molar-refractivity contribution in [3.05, 3.63) is 28.2 Å². The van der Waals surface area contributed by atoms with E-state index in [-0.39, 0.29) is 5.91 Å². The fraction of sp³-hybridized carbons (Fsp3) is 0.500. The maximum atomic E-state index is 11.8. The zero-order valence-corrected chi connectivity index (χ0v) is 15.1. The van der Waals surface area contributed by atoms with Crippen molar-refractivity contribution in [1.82, 2.24) is 5.32 Å². The van der Waals surface area contributed by atoms with Crippen molar-refractivity contribution >= 4 is 44.9 Å². The summed E-state index contributed by atoms with van der Waals surface area (Å²) in [5.74, 6) is -0.0211. The molecule has 0 saturated carbocycles. The molecule has 0 unspecified atom stereocenters. The maximum Gasteiger partial charge on any atom is 0.226 e. The van der Waals surface area contributed by atoms with E-state index in [1.54, 1.807) is 0 Å². The first-order valence-corrected chi connectivity index (χ1v) is 8.60. The van der Waals surface area contributed by atoms with Crippen molar-refractivity contribution in [3.63, 3.8) is 0 Å². The summed E-state index contributed by atoms with van der Waals surface area (Å²) in [6.07, 6.45) is 6.20. The number of unbranched alkanes of at least 4 members (excludes halogenated alkanes) is 4. The number of thiocarbonyl (C=S) groups is 1. The molecule has 0 atom stereocenters. The molecule has 2 N–H and O–H groups in total. The summed E-state index contributed by atoms with van der Waals surface area (Å²) in [7, 11) is 0. The molecule has 0 spiro atoms. The number of benzene rings is 1. The molecule has 0 aliphatic rings. The summed E-state index contributed by atoms with van der Waals surface area (Å²) in [5.41, 5.74) is 2.02. The lowest BCUT2D eigenvalue weighted by Crippen LogP contribution is -2.34. The van der Waals surface area contributed by atoms with Crippen LogP contribution < -0.4 is 10.6 Å². The minimum Gasteiger partial charge on any atom is -0.331 e. The summed E-state index contributed by atoms with van der Waals surface area (Å²) in [5, 5.41) is 6.10. The molecule has 0 aliphatic carbocycles. The Hall–Kier alpha value is -0.940. The lowest BCUT2D eigenvalue weighted by molar-refractivity contribution is -0.119. The van der Waals surface area contributed by atoms with Crippen LogP contribution in [0.4, 0.5) is 5.69 Å². The minimum absolute atomic E-state index is 0.0211. The molecule has 116 valence electrons. The van der Waals surface area contributed by atoms with Gasteiger partial charge in [0.25, 0.3) is 0 Å². The normalized spacial score (nSPS) is 10.2. The second kappa shape index (κ2) is 9.90. The Labute approximate surface area is 141 Å². The van der Waals surface area contributed by atoms with Gasteiger partial charge in [0.15, 0.2) is 5.11 Å². The topological polar surface area (TPSA) is 41.1 Å². The van der Waals surface area contributed by atoms with Gasteiger partial charge in [0, 0.05) is 10.9 Å². The van der Waals surface area contributed by atoms with E-state index in [0.29, 0.717) is 11.5 Å². The highest BCUT2D eigenvalue weighted by molar-refractivity contribution is 9.10. The molecule has 0 bridgehead atoms. The van der Waals surface area contributed by atoms with Crippen molar-refractivity contribution in [2.45, 2.75) is 52.4 Å². The first-order valence-electron chi connectivity index (χ1n) is 7.40. The molecule has 5 heteroatoms.